The van der Waals surface area contributed by atoms with Crippen LogP contribution in [0.25, 0.3) is 0 Å². The molecule has 0 bridgehead atoms. The summed E-state index contributed by atoms with van der Waals surface area (Å²) < 4.78 is 5.23. The number of aromatic nitrogens is 3. The van der Waals surface area contributed by atoms with E-state index >= 15 is 0 Å². The van der Waals surface area contributed by atoms with Crippen LogP contribution in [0, 0.1) is 19.8 Å². The first kappa shape index (κ1) is 18.1. The molecule has 3 heterocycles. The molecular formula is C18H24N6O2. The largest absolute Gasteiger partial charge is 0.381 e. The number of hydrogen-bond acceptors (Lipinski definition) is 7. The van der Waals surface area contributed by atoms with E-state index in [2.05, 4.69) is 30.9 Å². The molecule has 1 amide bonds. The standard InChI is InChI=1S/C18H24N6O2/c1-12-3-5-19-15(9-12)24-17-10-16(22-13(2)23-17)20-6-7-21-18(25)14-4-8-26-11-14/h3,5,9-10,14H,4,6-8,11H2,1-2H3,(H,21,25)(H2,19,20,22,23,24). The molecule has 1 fully saturated rings. The van der Waals surface area contributed by atoms with E-state index in [9.17, 15) is 4.79 Å². The number of rotatable bonds is 7. The first-order valence-electron chi connectivity index (χ1n) is 8.75. The van der Waals surface area contributed by atoms with Crippen molar-refractivity contribution in [3.63, 3.8) is 0 Å². The molecule has 8 heteroatoms. The van der Waals surface area contributed by atoms with Crippen LogP contribution in [-0.2, 0) is 9.53 Å². The molecule has 1 atom stereocenters. The molecule has 0 radical (unpaired) electrons. The normalized spacial score (nSPS) is 16.3. The molecule has 8 nitrogen and oxygen atoms in total. The molecular weight excluding hydrogens is 332 g/mol. The Morgan fingerprint density at radius 3 is 2.81 bits per heavy atom. The molecule has 2 aromatic rings. The molecule has 26 heavy (non-hydrogen) atoms. The van der Waals surface area contributed by atoms with Crippen molar-refractivity contribution >= 4 is 23.4 Å². The average Bonchev–Trinajstić information content (AvgIpc) is 3.13. The van der Waals surface area contributed by atoms with Crippen LogP contribution in [0.1, 0.15) is 17.8 Å². The van der Waals surface area contributed by atoms with Crippen LogP contribution in [0.2, 0.25) is 0 Å². The second kappa shape index (κ2) is 8.57. The molecule has 3 N–H and O–H groups in total. The molecule has 0 saturated carbocycles. The van der Waals surface area contributed by atoms with Crippen molar-refractivity contribution in [2.45, 2.75) is 20.3 Å². The third-order valence-electron chi connectivity index (χ3n) is 4.04. The Morgan fingerprint density at radius 1 is 1.19 bits per heavy atom. The number of aryl methyl sites for hydroxylation is 2. The predicted octanol–water partition coefficient (Wildman–Crippen LogP) is 1.80. The number of carbonyl (C=O) groups is 1. The van der Waals surface area contributed by atoms with E-state index in [1.54, 1.807) is 6.20 Å². The van der Waals surface area contributed by atoms with Crippen LogP contribution < -0.4 is 16.0 Å². The molecule has 2 aromatic heterocycles. The van der Waals surface area contributed by atoms with Crippen molar-refractivity contribution in [3.8, 4) is 0 Å². The summed E-state index contributed by atoms with van der Waals surface area (Å²) in [6, 6.07) is 5.71. The number of carbonyl (C=O) groups excluding carboxylic acids is 1. The lowest BCUT2D eigenvalue weighted by Crippen LogP contribution is -2.34. The lowest BCUT2D eigenvalue weighted by atomic mass is 10.1. The smallest absolute Gasteiger partial charge is 0.225 e. The summed E-state index contributed by atoms with van der Waals surface area (Å²) in [5.41, 5.74) is 1.12. The van der Waals surface area contributed by atoms with E-state index in [0.29, 0.717) is 43.8 Å². The van der Waals surface area contributed by atoms with Gasteiger partial charge in [-0.3, -0.25) is 4.79 Å². The predicted molar refractivity (Wildman–Crippen MR) is 99.5 cm³/mol. The van der Waals surface area contributed by atoms with Crippen molar-refractivity contribution in [2.75, 3.05) is 36.9 Å². The number of ether oxygens (including phenoxy) is 1. The minimum absolute atomic E-state index is 0.0195. The lowest BCUT2D eigenvalue weighted by molar-refractivity contribution is -0.124. The summed E-state index contributed by atoms with van der Waals surface area (Å²) in [6.07, 6.45) is 2.55. The van der Waals surface area contributed by atoms with Crippen molar-refractivity contribution in [3.05, 3.63) is 35.8 Å². The third-order valence-corrected chi connectivity index (χ3v) is 4.04. The maximum atomic E-state index is 11.9. The van der Waals surface area contributed by atoms with Gasteiger partial charge in [0.1, 0.15) is 23.3 Å². The van der Waals surface area contributed by atoms with Gasteiger partial charge in [0, 0.05) is 32.0 Å². The SMILES string of the molecule is Cc1ccnc(Nc2cc(NCCNC(=O)C3CCOC3)nc(C)n2)c1. The van der Waals surface area contributed by atoms with E-state index in [1.807, 2.05) is 32.0 Å². The van der Waals surface area contributed by atoms with E-state index < -0.39 is 0 Å². The number of amides is 1. The van der Waals surface area contributed by atoms with Crippen LogP contribution in [0.15, 0.2) is 24.4 Å². The van der Waals surface area contributed by atoms with E-state index in [0.717, 1.165) is 17.8 Å². The highest BCUT2D eigenvalue weighted by Crippen LogP contribution is 2.16. The summed E-state index contributed by atoms with van der Waals surface area (Å²) in [6.45, 7) is 6.14. The van der Waals surface area contributed by atoms with E-state index in [-0.39, 0.29) is 11.8 Å². The fourth-order valence-corrected chi connectivity index (χ4v) is 2.72. The van der Waals surface area contributed by atoms with E-state index in [4.69, 9.17) is 4.74 Å². The van der Waals surface area contributed by atoms with Gasteiger partial charge in [-0.1, -0.05) is 0 Å². The first-order chi connectivity index (χ1) is 12.6. The zero-order valence-electron chi connectivity index (χ0n) is 15.1. The summed E-state index contributed by atoms with van der Waals surface area (Å²) in [5, 5.41) is 9.32. The number of nitrogens with zero attached hydrogens (tertiary/aromatic N) is 3. The van der Waals surface area contributed by atoms with Crippen molar-refractivity contribution in [2.24, 2.45) is 5.92 Å². The van der Waals surface area contributed by atoms with Crippen molar-refractivity contribution in [1.82, 2.24) is 20.3 Å². The Morgan fingerprint density at radius 2 is 2.04 bits per heavy atom. The molecule has 1 unspecified atom stereocenters. The maximum Gasteiger partial charge on any atom is 0.225 e. The third kappa shape index (κ3) is 5.13. The Balaban J connectivity index is 1.51. The van der Waals surface area contributed by atoms with E-state index in [1.165, 1.54) is 0 Å². The van der Waals surface area contributed by atoms with Gasteiger partial charge in [0.15, 0.2) is 0 Å². The molecule has 3 rings (SSSR count). The highest BCUT2D eigenvalue weighted by Gasteiger charge is 2.22. The van der Waals surface area contributed by atoms with Crippen molar-refractivity contribution < 1.29 is 9.53 Å². The zero-order chi connectivity index (χ0) is 18.4. The van der Waals surface area contributed by atoms with Gasteiger partial charge >= 0.3 is 0 Å². The van der Waals surface area contributed by atoms with Gasteiger partial charge in [0.05, 0.1) is 12.5 Å². The minimum Gasteiger partial charge on any atom is -0.381 e. The average molecular weight is 356 g/mol. The second-order valence-corrected chi connectivity index (χ2v) is 6.31. The first-order valence-corrected chi connectivity index (χ1v) is 8.75. The van der Waals surface area contributed by atoms with Gasteiger partial charge in [0.25, 0.3) is 0 Å². The topological polar surface area (TPSA) is 101 Å². The molecule has 0 aliphatic carbocycles. The number of nitrogens with one attached hydrogen (secondary N) is 3. The molecule has 1 saturated heterocycles. The van der Waals surface area contributed by atoms with Gasteiger partial charge in [-0.05, 0) is 38.0 Å². The summed E-state index contributed by atoms with van der Waals surface area (Å²) in [5.74, 6) is 2.79. The summed E-state index contributed by atoms with van der Waals surface area (Å²) in [4.78, 5) is 25.0. The molecule has 1 aliphatic rings. The fourth-order valence-electron chi connectivity index (χ4n) is 2.72. The monoisotopic (exact) mass is 356 g/mol. The Hall–Kier alpha value is -2.74. The fraction of sp³-hybridized carbons (Fsp3) is 0.444. The minimum atomic E-state index is -0.0195. The van der Waals surface area contributed by atoms with Gasteiger partial charge in [-0.25, -0.2) is 15.0 Å². The Labute approximate surface area is 152 Å². The highest BCUT2D eigenvalue weighted by molar-refractivity contribution is 5.79. The number of hydrogen-bond donors (Lipinski definition) is 3. The summed E-state index contributed by atoms with van der Waals surface area (Å²) in [7, 11) is 0. The van der Waals surface area contributed by atoms with Crippen LogP contribution in [0.4, 0.5) is 17.5 Å². The molecule has 0 aromatic carbocycles. The molecule has 0 spiro atoms. The van der Waals surface area contributed by atoms with Crippen molar-refractivity contribution in [1.29, 1.82) is 0 Å². The van der Waals surface area contributed by atoms with Gasteiger partial charge in [-0.15, -0.1) is 0 Å². The second-order valence-electron chi connectivity index (χ2n) is 6.31. The quantitative estimate of drug-likeness (QED) is 0.650. The van der Waals surface area contributed by atoms with Gasteiger partial charge in [0.2, 0.25) is 5.91 Å². The Kier molecular flexibility index (Phi) is 5.96. The Bertz CT molecular complexity index is 761. The van der Waals surface area contributed by atoms with Crippen LogP contribution in [0.3, 0.4) is 0 Å². The number of anilines is 3. The van der Waals surface area contributed by atoms with Crippen LogP contribution in [-0.4, -0.2) is 47.2 Å². The maximum absolute atomic E-state index is 11.9. The van der Waals surface area contributed by atoms with Gasteiger partial charge < -0.3 is 20.7 Å². The van der Waals surface area contributed by atoms with Crippen LogP contribution in [0.5, 0.6) is 0 Å². The number of pyridine rings is 1. The lowest BCUT2D eigenvalue weighted by Gasteiger charge is -2.12. The van der Waals surface area contributed by atoms with Crippen LogP contribution >= 0.6 is 0 Å². The zero-order valence-corrected chi connectivity index (χ0v) is 15.1. The molecule has 138 valence electrons. The highest BCUT2D eigenvalue weighted by atomic mass is 16.5. The molecule has 1 aliphatic heterocycles. The van der Waals surface area contributed by atoms with Gasteiger partial charge in [-0.2, -0.15) is 0 Å². The summed E-state index contributed by atoms with van der Waals surface area (Å²) >= 11 is 0.